The van der Waals surface area contributed by atoms with Crippen molar-refractivity contribution in [1.29, 1.82) is 0 Å². The number of hydrogen-bond donors (Lipinski definition) is 0. The highest BCUT2D eigenvalue weighted by atomic mass is 16.5. The minimum absolute atomic E-state index is 0.110. The Morgan fingerprint density at radius 2 is 1.23 bits per heavy atom. The minimum Gasteiger partial charge on any atom is -0.377 e. The van der Waals surface area contributed by atoms with Crippen LogP contribution in [0.1, 0.15) is 67.2 Å². The average molecular weight is 441 g/mol. The number of ether oxygens (including phenoxy) is 2. The van der Waals surface area contributed by atoms with Crippen molar-refractivity contribution in [2.45, 2.75) is 67.2 Å². The Morgan fingerprint density at radius 1 is 0.774 bits per heavy atom. The summed E-state index contributed by atoms with van der Waals surface area (Å²) in [5, 5.41) is 0. The van der Waals surface area contributed by atoms with E-state index in [1.54, 1.807) is 0 Å². The highest BCUT2D eigenvalue weighted by Gasteiger charge is 2.44. The molecule has 2 aliphatic rings. The topological polar surface area (TPSA) is 93.2 Å². The van der Waals surface area contributed by atoms with Gasteiger partial charge >= 0.3 is 0 Å². The van der Waals surface area contributed by atoms with Gasteiger partial charge in [-0.05, 0) is 11.8 Å². The van der Waals surface area contributed by atoms with E-state index in [9.17, 15) is 19.2 Å². The molecular formula is C23H40N2O6. The third-order valence-electron chi connectivity index (χ3n) is 5.41. The third kappa shape index (κ3) is 8.00. The lowest BCUT2D eigenvalue weighted by atomic mass is 9.80. The Kier molecular flexibility index (Phi) is 11.3. The summed E-state index contributed by atoms with van der Waals surface area (Å²) < 4.78 is 10.9. The zero-order valence-electron chi connectivity index (χ0n) is 20.1. The van der Waals surface area contributed by atoms with Crippen LogP contribution >= 0.6 is 0 Å². The number of likely N-dealkylation sites (tertiary alicyclic amines) is 2. The van der Waals surface area contributed by atoms with Crippen LogP contribution in [0.2, 0.25) is 0 Å². The molecule has 4 amide bonds. The standard InChI is InChI=1S/C20H32N2O6.C3H8/c1-5-14-12-16(23)21(18(14)25)6-8-27-10-11-28-9-7-22-17(24)13-15(19(22)26)20(2,3)4;1-3-2/h14-15H,5-13H2,1-4H3;3H2,1-2H3. The van der Waals surface area contributed by atoms with Crippen LogP contribution in [0, 0.1) is 17.3 Å². The van der Waals surface area contributed by atoms with Gasteiger partial charge in [0.25, 0.3) is 0 Å². The SMILES string of the molecule is CCC.CCC1CC(=O)N(CCOCCOCCN2C(=O)CC(C(C)(C)C)C2=O)C1=O. The van der Waals surface area contributed by atoms with Gasteiger partial charge in [0.05, 0.1) is 45.4 Å². The first-order chi connectivity index (χ1) is 14.6. The summed E-state index contributed by atoms with van der Waals surface area (Å²) in [6.07, 6.45) is 2.48. The van der Waals surface area contributed by atoms with E-state index in [2.05, 4.69) is 13.8 Å². The molecule has 0 aromatic heterocycles. The number of rotatable bonds is 10. The van der Waals surface area contributed by atoms with Crippen LogP contribution in [0.4, 0.5) is 0 Å². The van der Waals surface area contributed by atoms with Gasteiger partial charge in [-0.3, -0.25) is 29.0 Å². The van der Waals surface area contributed by atoms with Crippen molar-refractivity contribution >= 4 is 23.6 Å². The van der Waals surface area contributed by atoms with E-state index in [1.807, 2.05) is 27.7 Å². The predicted molar refractivity (Wildman–Crippen MR) is 117 cm³/mol. The normalized spacial score (nSPS) is 21.7. The summed E-state index contributed by atoms with van der Waals surface area (Å²) in [4.78, 5) is 50.7. The molecule has 31 heavy (non-hydrogen) atoms. The van der Waals surface area contributed by atoms with Crippen molar-refractivity contribution in [3.63, 3.8) is 0 Å². The summed E-state index contributed by atoms with van der Waals surface area (Å²) in [6.45, 7) is 13.7. The summed E-state index contributed by atoms with van der Waals surface area (Å²) in [5.74, 6) is -0.972. The lowest BCUT2D eigenvalue weighted by Crippen LogP contribution is -2.36. The van der Waals surface area contributed by atoms with E-state index in [1.165, 1.54) is 16.2 Å². The number of amides is 4. The molecule has 0 aliphatic carbocycles. The molecule has 0 bridgehead atoms. The van der Waals surface area contributed by atoms with Crippen LogP contribution in [0.5, 0.6) is 0 Å². The molecule has 2 saturated heterocycles. The Bertz CT molecular complexity index is 628. The average Bonchev–Trinajstić information content (AvgIpc) is 3.14. The van der Waals surface area contributed by atoms with Gasteiger partial charge in [0.2, 0.25) is 23.6 Å². The predicted octanol–water partition coefficient (Wildman–Crippen LogP) is 2.64. The molecule has 0 N–H and O–H groups in total. The highest BCUT2D eigenvalue weighted by molar-refractivity contribution is 6.04. The summed E-state index contributed by atoms with van der Waals surface area (Å²) in [6, 6.07) is 0. The second kappa shape index (κ2) is 12.9. The summed E-state index contributed by atoms with van der Waals surface area (Å²) in [5.41, 5.74) is -0.231. The lowest BCUT2D eigenvalue weighted by Gasteiger charge is -2.24. The molecule has 2 fully saturated rings. The second-order valence-corrected chi connectivity index (χ2v) is 9.13. The van der Waals surface area contributed by atoms with Crippen LogP contribution in [0.25, 0.3) is 0 Å². The molecule has 2 unspecified atom stereocenters. The lowest BCUT2D eigenvalue weighted by molar-refractivity contribution is -0.142. The first kappa shape index (κ1) is 27.2. The smallest absolute Gasteiger partial charge is 0.233 e. The molecule has 2 atom stereocenters. The van der Waals surface area contributed by atoms with E-state index in [-0.39, 0.29) is 73.6 Å². The zero-order valence-corrected chi connectivity index (χ0v) is 20.1. The second-order valence-electron chi connectivity index (χ2n) is 9.13. The number of hydrogen-bond acceptors (Lipinski definition) is 6. The van der Waals surface area contributed by atoms with Gasteiger partial charge < -0.3 is 9.47 Å². The zero-order chi connectivity index (χ0) is 23.6. The maximum absolute atomic E-state index is 12.4. The number of carbonyl (C=O) groups is 4. The summed E-state index contributed by atoms with van der Waals surface area (Å²) >= 11 is 0. The van der Waals surface area contributed by atoms with Crippen molar-refractivity contribution in [3.05, 3.63) is 0 Å². The van der Waals surface area contributed by atoms with Gasteiger partial charge in [0, 0.05) is 18.8 Å². The molecule has 178 valence electrons. The Morgan fingerprint density at radius 3 is 1.61 bits per heavy atom. The molecule has 0 radical (unpaired) electrons. The van der Waals surface area contributed by atoms with Gasteiger partial charge in [-0.15, -0.1) is 0 Å². The van der Waals surface area contributed by atoms with Crippen LogP contribution in [0.3, 0.4) is 0 Å². The first-order valence-electron chi connectivity index (χ1n) is 11.4. The van der Waals surface area contributed by atoms with E-state index in [4.69, 9.17) is 9.47 Å². The van der Waals surface area contributed by atoms with Crippen LogP contribution in [0.15, 0.2) is 0 Å². The molecule has 2 rings (SSSR count). The molecule has 0 aromatic carbocycles. The number of nitrogens with zero attached hydrogens (tertiary/aromatic N) is 2. The third-order valence-corrected chi connectivity index (χ3v) is 5.41. The highest BCUT2D eigenvalue weighted by Crippen LogP contribution is 2.35. The monoisotopic (exact) mass is 440 g/mol. The van der Waals surface area contributed by atoms with Crippen LogP contribution in [-0.2, 0) is 28.7 Å². The molecule has 0 aromatic rings. The minimum atomic E-state index is -0.272. The Hall–Kier alpha value is -1.80. The Labute approximate surface area is 186 Å². The molecule has 0 saturated carbocycles. The van der Waals surface area contributed by atoms with E-state index >= 15 is 0 Å². The fourth-order valence-corrected chi connectivity index (χ4v) is 3.53. The largest absolute Gasteiger partial charge is 0.377 e. The molecule has 2 heterocycles. The number of carbonyl (C=O) groups excluding carboxylic acids is 4. The summed E-state index contributed by atoms with van der Waals surface area (Å²) in [7, 11) is 0. The van der Waals surface area contributed by atoms with Gasteiger partial charge in [0.1, 0.15) is 0 Å². The Balaban J connectivity index is 0.00000151. The van der Waals surface area contributed by atoms with Crippen molar-refractivity contribution in [3.8, 4) is 0 Å². The van der Waals surface area contributed by atoms with E-state index < -0.39 is 0 Å². The van der Waals surface area contributed by atoms with Gasteiger partial charge in [-0.1, -0.05) is 48.0 Å². The van der Waals surface area contributed by atoms with E-state index in [0.717, 1.165) is 0 Å². The molecule has 8 nitrogen and oxygen atoms in total. The van der Waals surface area contributed by atoms with Crippen molar-refractivity contribution < 1.29 is 28.7 Å². The maximum Gasteiger partial charge on any atom is 0.233 e. The molecule has 0 spiro atoms. The van der Waals surface area contributed by atoms with Gasteiger partial charge in [-0.25, -0.2) is 0 Å². The molecule has 8 heteroatoms. The van der Waals surface area contributed by atoms with Gasteiger partial charge in [-0.2, -0.15) is 0 Å². The van der Waals surface area contributed by atoms with Crippen molar-refractivity contribution in [1.82, 2.24) is 9.80 Å². The molecule has 2 aliphatic heterocycles. The number of imide groups is 2. The van der Waals surface area contributed by atoms with Gasteiger partial charge in [0.15, 0.2) is 0 Å². The maximum atomic E-state index is 12.4. The molecular weight excluding hydrogens is 400 g/mol. The first-order valence-corrected chi connectivity index (χ1v) is 11.4. The van der Waals surface area contributed by atoms with Crippen molar-refractivity contribution in [2.75, 3.05) is 39.5 Å². The fraction of sp³-hybridized carbons (Fsp3) is 0.826. The van der Waals surface area contributed by atoms with E-state index in [0.29, 0.717) is 26.1 Å². The van der Waals surface area contributed by atoms with Crippen LogP contribution in [-0.4, -0.2) is 72.9 Å². The van der Waals surface area contributed by atoms with Crippen molar-refractivity contribution in [2.24, 2.45) is 17.3 Å². The fourth-order valence-electron chi connectivity index (χ4n) is 3.53. The quantitative estimate of drug-likeness (QED) is 0.383. The van der Waals surface area contributed by atoms with Crippen LogP contribution < -0.4 is 0 Å².